The van der Waals surface area contributed by atoms with Crippen molar-refractivity contribution in [2.24, 2.45) is 0 Å². The van der Waals surface area contributed by atoms with Crippen LogP contribution in [0.5, 0.6) is 5.75 Å². The van der Waals surface area contributed by atoms with E-state index in [0.29, 0.717) is 5.75 Å². The first-order chi connectivity index (χ1) is 12.6. The number of pyridine rings is 1. The number of benzene rings is 1. The van der Waals surface area contributed by atoms with Crippen LogP contribution in [0.25, 0.3) is 10.9 Å². The largest absolute Gasteiger partial charge is 0.497 e. The van der Waals surface area contributed by atoms with Gasteiger partial charge in [-0.25, -0.2) is 13.4 Å². The first kappa shape index (κ1) is 19.5. The van der Waals surface area contributed by atoms with Crippen molar-refractivity contribution in [1.29, 1.82) is 0 Å². The molecule has 7 nitrogen and oxygen atoms in total. The van der Waals surface area contributed by atoms with Gasteiger partial charge in [0, 0.05) is 37.8 Å². The molecule has 3 aromatic rings. The summed E-state index contributed by atoms with van der Waals surface area (Å²) >= 11 is 0. The number of halogens is 1. The zero-order chi connectivity index (χ0) is 18.1. The average Bonchev–Trinajstić information content (AvgIpc) is 3.14. The molecule has 0 amide bonds. The smallest absolute Gasteiger partial charge is 0.221 e. The van der Waals surface area contributed by atoms with Crippen molar-refractivity contribution in [2.75, 3.05) is 38.2 Å². The molecule has 1 fully saturated rings. The fourth-order valence-corrected chi connectivity index (χ4v) is 4.43. The number of methoxy groups -OCH3 is 1. The number of hydrogen-bond donors (Lipinski definition) is 2. The van der Waals surface area contributed by atoms with Crippen molar-refractivity contribution >= 4 is 39.0 Å². The lowest BCUT2D eigenvalue weighted by Crippen LogP contribution is -2.43. The van der Waals surface area contributed by atoms with Gasteiger partial charge >= 0.3 is 0 Å². The molecule has 2 aromatic heterocycles. The first-order valence-electron chi connectivity index (χ1n) is 8.42. The SMILES string of the molecule is COc1ccc(S(=O)(=O)c2cc3c(N4CCNCC4)nccc3[nH]2)cc1.Cl. The van der Waals surface area contributed by atoms with Crippen LogP contribution in [0.3, 0.4) is 0 Å². The summed E-state index contributed by atoms with van der Waals surface area (Å²) in [5.41, 5.74) is 0.764. The third kappa shape index (κ3) is 3.60. The number of aromatic nitrogens is 2. The third-order valence-electron chi connectivity index (χ3n) is 4.58. The molecule has 0 aliphatic carbocycles. The highest BCUT2D eigenvalue weighted by atomic mass is 35.5. The molecular weight excluding hydrogens is 388 g/mol. The summed E-state index contributed by atoms with van der Waals surface area (Å²) in [5.74, 6) is 1.43. The molecule has 1 aromatic carbocycles. The summed E-state index contributed by atoms with van der Waals surface area (Å²) in [4.78, 5) is 9.93. The molecule has 144 valence electrons. The number of H-pyrrole nitrogens is 1. The Morgan fingerprint density at radius 1 is 1.11 bits per heavy atom. The average molecular weight is 409 g/mol. The maximum absolute atomic E-state index is 13.0. The van der Waals surface area contributed by atoms with E-state index in [-0.39, 0.29) is 22.3 Å². The molecule has 1 saturated heterocycles. The van der Waals surface area contributed by atoms with Crippen LogP contribution < -0.4 is 15.0 Å². The Hall–Kier alpha value is -2.29. The summed E-state index contributed by atoms with van der Waals surface area (Å²) in [7, 11) is -2.10. The molecule has 0 radical (unpaired) electrons. The molecule has 0 saturated carbocycles. The van der Waals surface area contributed by atoms with Gasteiger partial charge < -0.3 is 19.9 Å². The molecule has 0 atom stereocenters. The number of rotatable bonds is 4. The van der Waals surface area contributed by atoms with Crippen LogP contribution in [-0.2, 0) is 9.84 Å². The Morgan fingerprint density at radius 3 is 2.48 bits per heavy atom. The van der Waals surface area contributed by atoms with Gasteiger partial charge in [0.1, 0.15) is 16.6 Å². The predicted octanol–water partition coefficient (Wildman–Crippen LogP) is 2.24. The summed E-state index contributed by atoms with van der Waals surface area (Å²) in [6, 6.07) is 9.87. The molecule has 2 N–H and O–H groups in total. The normalized spacial score (nSPS) is 14.8. The highest BCUT2D eigenvalue weighted by Crippen LogP contribution is 2.30. The van der Waals surface area contributed by atoms with E-state index in [1.165, 1.54) is 0 Å². The number of sulfone groups is 1. The van der Waals surface area contributed by atoms with E-state index < -0.39 is 9.84 Å². The summed E-state index contributed by atoms with van der Waals surface area (Å²) in [5, 5.41) is 4.30. The van der Waals surface area contributed by atoms with Gasteiger partial charge in [-0.2, -0.15) is 0 Å². The minimum Gasteiger partial charge on any atom is -0.497 e. The second-order valence-electron chi connectivity index (χ2n) is 6.15. The summed E-state index contributed by atoms with van der Waals surface area (Å²) in [6.45, 7) is 3.47. The van der Waals surface area contributed by atoms with Crippen LogP contribution in [-0.4, -0.2) is 51.7 Å². The molecule has 1 aliphatic heterocycles. The topological polar surface area (TPSA) is 87.3 Å². The van der Waals surface area contributed by atoms with Crippen LogP contribution in [0, 0.1) is 0 Å². The molecule has 0 unspecified atom stereocenters. The van der Waals surface area contributed by atoms with Crippen molar-refractivity contribution < 1.29 is 13.2 Å². The number of nitrogens with zero attached hydrogens (tertiary/aromatic N) is 2. The van der Waals surface area contributed by atoms with Crippen molar-refractivity contribution in [2.45, 2.75) is 9.92 Å². The quantitative estimate of drug-likeness (QED) is 0.688. The van der Waals surface area contributed by atoms with Crippen molar-refractivity contribution in [3.63, 3.8) is 0 Å². The zero-order valence-corrected chi connectivity index (χ0v) is 16.4. The van der Waals surface area contributed by atoms with E-state index in [9.17, 15) is 8.42 Å². The number of aromatic amines is 1. The van der Waals surface area contributed by atoms with Crippen molar-refractivity contribution in [3.05, 3.63) is 42.6 Å². The second-order valence-corrected chi connectivity index (χ2v) is 8.06. The van der Waals surface area contributed by atoms with Gasteiger partial charge in [0.05, 0.1) is 17.5 Å². The van der Waals surface area contributed by atoms with Gasteiger partial charge in [0.25, 0.3) is 0 Å². The van der Waals surface area contributed by atoms with Crippen LogP contribution in [0.2, 0.25) is 0 Å². The van der Waals surface area contributed by atoms with Crippen LogP contribution in [0.15, 0.2) is 52.5 Å². The third-order valence-corrected chi connectivity index (χ3v) is 6.27. The number of piperazine rings is 1. The van der Waals surface area contributed by atoms with Crippen molar-refractivity contribution in [3.8, 4) is 5.75 Å². The number of hydrogen-bond acceptors (Lipinski definition) is 6. The monoisotopic (exact) mass is 408 g/mol. The van der Waals surface area contributed by atoms with Crippen LogP contribution in [0.1, 0.15) is 0 Å². The number of fused-ring (bicyclic) bond motifs is 1. The molecule has 3 heterocycles. The number of anilines is 1. The van der Waals surface area contributed by atoms with Crippen molar-refractivity contribution in [1.82, 2.24) is 15.3 Å². The van der Waals surface area contributed by atoms with Gasteiger partial charge in [-0.3, -0.25) is 0 Å². The molecule has 1 aliphatic rings. The van der Waals surface area contributed by atoms with E-state index in [2.05, 4.69) is 20.2 Å². The molecule has 9 heteroatoms. The minimum absolute atomic E-state index is 0. The maximum Gasteiger partial charge on any atom is 0.221 e. The minimum atomic E-state index is -3.64. The van der Waals surface area contributed by atoms with Gasteiger partial charge in [0.15, 0.2) is 0 Å². The Kier molecular flexibility index (Phi) is 5.59. The number of nitrogens with one attached hydrogen (secondary N) is 2. The standard InChI is InChI=1S/C18H20N4O3S.ClH/c1-25-13-2-4-14(5-3-13)26(23,24)17-12-15-16(21-17)6-7-20-18(15)22-10-8-19-9-11-22;/h2-7,12,19,21H,8-11H2,1H3;1H. The van der Waals surface area contributed by atoms with E-state index in [4.69, 9.17) is 4.74 Å². The zero-order valence-electron chi connectivity index (χ0n) is 14.8. The Balaban J connectivity index is 0.00000210. The molecule has 0 bridgehead atoms. The van der Waals surface area contributed by atoms with Gasteiger partial charge in [-0.15, -0.1) is 12.4 Å². The molecule has 27 heavy (non-hydrogen) atoms. The van der Waals surface area contributed by atoms with E-state index >= 15 is 0 Å². The highest BCUT2D eigenvalue weighted by Gasteiger charge is 2.23. The Bertz CT molecular complexity index is 1030. The van der Waals surface area contributed by atoms with E-state index in [0.717, 1.165) is 42.9 Å². The van der Waals surface area contributed by atoms with Gasteiger partial charge in [0.2, 0.25) is 9.84 Å². The first-order valence-corrected chi connectivity index (χ1v) is 9.90. The fraction of sp³-hybridized carbons (Fsp3) is 0.278. The molecule has 0 spiro atoms. The second kappa shape index (κ2) is 7.75. The van der Waals surface area contributed by atoms with E-state index in [1.54, 1.807) is 49.7 Å². The maximum atomic E-state index is 13.0. The lowest BCUT2D eigenvalue weighted by Gasteiger charge is -2.28. The lowest BCUT2D eigenvalue weighted by molar-refractivity contribution is 0.414. The highest BCUT2D eigenvalue weighted by molar-refractivity contribution is 7.91. The summed E-state index contributed by atoms with van der Waals surface area (Å²) < 4.78 is 31.0. The lowest BCUT2D eigenvalue weighted by atomic mass is 10.2. The predicted molar refractivity (Wildman–Crippen MR) is 107 cm³/mol. The number of ether oxygens (including phenoxy) is 1. The van der Waals surface area contributed by atoms with Gasteiger partial charge in [-0.05, 0) is 36.4 Å². The molecular formula is C18H21ClN4O3S. The summed E-state index contributed by atoms with van der Waals surface area (Å²) in [6.07, 6.45) is 1.71. The molecule has 4 rings (SSSR count). The van der Waals surface area contributed by atoms with E-state index in [1.807, 2.05) is 0 Å². The van der Waals surface area contributed by atoms with Crippen LogP contribution in [0.4, 0.5) is 5.82 Å². The van der Waals surface area contributed by atoms with Gasteiger partial charge in [-0.1, -0.05) is 0 Å². The Morgan fingerprint density at radius 2 is 1.81 bits per heavy atom. The Labute approximate surface area is 164 Å². The van der Waals surface area contributed by atoms with Crippen LogP contribution >= 0.6 is 12.4 Å². The fourth-order valence-electron chi connectivity index (χ4n) is 3.17.